The minimum absolute atomic E-state index is 0.187. The van der Waals surface area contributed by atoms with Crippen molar-refractivity contribution in [3.8, 4) is 11.5 Å². The first kappa shape index (κ1) is 16.4. The lowest BCUT2D eigenvalue weighted by Gasteiger charge is -2.19. The molecule has 2 aromatic carbocycles. The van der Waals surface area contributed by atoms with Gasteiger partial charge in [-0.3, -0.25) is 0 Å². The van der Waals surface area contributed by atoms with E-state index in [1.54, 1.807) is 7.11 Å². The summed E-state index contributed by atoms with van der Waals surface area (Å²) in [7, 11) is 1.69. The second-order valence-corrected chi connectivity index (χ2v) is 6.57. The SMILES string of the molecule is COc1ccc(CCCOc2ccc(C(C)(C)C)cc2)cc1. The standard InChI is InChI=1S/C20H26O2/c1-20(2,3)17-9-13-19(14-10-17)22-15-5-6-16-7-11-18(21-4)12-8-16/h7-14H,5-6,15H2,1-4H3. The first-order valence-corrected chi connectivity index (χ1v) is 7.85. The fraction of sp³-hybridized carbons (Fsp3) is 0.400. The van der Waals surface area contributed by atoms with Crippen molar-refractivity contribution >= 4 is 0 Å². The summed E-state index contributed by atoms with van der Waals surface area (Å²) < 4.78 is 11.0. The Bertz CT molecular complexity index is 562. The third-order valence-corrected chi connectivity index (χ3v) is 3.76. The number of methoxy groups -OCH3 is 1. The summed E-state index contributed by atoms with van der Waals surface area (Å²) in [5.74, 6) is 1.85. The van der Waals surface area contributed by atoms with Crippen molar-refractivity contribution in [2.45, 2.75) is 39.0 Å². The zero-order chi connectivity index (χ0) is 16.0. The largest absolute Gasteiger partial charge is 0.497 e. The van der Waals surface area contributed by atoms with Crippen molar-refractivity contribution in [2.75, 3.05) is 13.7 Å². The highest BCUT2D eigenvalue weighted by Crippen LogP contribution is 2.24. The quantitative estimate of drug-likeness (QED) is 0.698. The van der Waals surface area contributed by atoms with Gasteiger partial charge in [0.15, 0.2) is 0 Å². The molecule has 0 aliphatic carbocycles. The summed E-state index contributed by atoms with van der Waals surface area (Å²) in [4.78, 5) is 0. The van der Waals surface area contributed by atoms with Crippen molar-refractivity contribution in [1.82, 2.24) is 0 Å². The van der Waals surface area contributed by atoms with Crippen molar-refractivity contribution in [3.05, 3.63) is 59.7 Å². The van der Waals surface area contributed by atoms with Crippen LogP contribution in [0.4, 0.5) is 0 Å². The summed E-state index contributed by atoms with van der Waals surface area (Å²) in [6.07, 6.45) is 2.03. The minimum atomic E-state index is 0.187. The second kappa shape index (κ2) is 7.35. The van der Waals surface area contributed by atoms with Gasteiger partial charge in [-0.25, -0.2) is 0 Å². The van der Waals surface area contributed by atoms with Crippen LogP contribution in [0.2, 0.25) is 0 Å². The Labute approximate surface area is 134 Å². The summed E-state index contributed by atoms with van der Waals surface area (Å²) >= 11 is 0. The van der Waals surface area contributed by atoms with E-state index in [-0.39, 0.29) is 5.41 Å². The number of ether oxygens (including phenoxy) is 2. The molecular formula is C20H26O2. The molecule has 0 spiro atoms. The van der Waals surface area contributed by atoms with Crippen molar-refractivity contribution < 1.29 is 9.47 Å². The van der Waals surface area contributed by atoms with Gasteiger partial charge in [0.05, 0.1) is 13.7 Å². The molecule has 2 heteroatoms. The predicted octanol–water partition coefficient (Wildman–Crippen LogP) is 5.00. The van der Waals surface area contributed by atoms with Gasteiger partial charge in [0.25, 0.3) is 0 Å². The first-order valence-electron chi connectivity index (χ1n) is 7.85. The van der Waals surface area contributed by atoms with Crippen LogP contribution in [0.1, 0.15) is 38.3 Å². The first-order chi connectivity index (χ1) is 10.5. The Morgan fingerprint density at radius 3 is 1.95 bits per heavy atom. The van der Waals surface area contributed by atoms with Gasteiger partial charge in [-0.05, 0) is 53.6 Å². The maximum absolute atomic E-state index is 5.82. The molecule has 0 saturated heterocycles. The Balaban J connectivity index is 1.76. The molecule has 2 rings (SSSR count). The molecule has 0 unspecified atom stereocenters. The predicted molar refractivity (Wildman–Crippen MR) is 92.0 cm³/mol. The van der Waals surface area contributed by atoms with Crippen LogP contribution in [0.25, 0.3) is 0 Å². The highest BCUT2D eigenvalue weighted by Gasteiger charge is 2.12. The van der Waals surface area contributed by atoms with E-state index in [1.165, 1.54) is 11.1 Å². The van der Waals surface area contributed by atoms with E-state index in [9.17, 15) is 0 Å². The van der Waals surface area contributed by atoms with Crippen LogP contribution in [0.3, 0.4) is 0 Å². The number of rotatable bonds is 6. The lowest BCUT2D eigenvalue weighted by Crippen LogP contribution is -2.10. The summed E-state index contributed by atoms with van der Waals surface area (Å²) in [5.41, 5.74) is 2.83. The maximum Gasteiger partial charge on any atom is 0.119 e. The molecule has 0 amide bonds. The number of benzene rings is 2. The Hall–Kier alpha value is -1.96. The molecule has 0 aromatic heterocycles. The van der Waals surface area contributed by atoms with E-state index in [4.69, 9.17) is 9.47 Å². The van der Waals surface area contributed by atoms with E-state index in [0.717, 1.165) is 30.9 Å². The zero-order valence-electron chi connectivity index (χ0n) is 14.1. The van der Waals surface area contributed by atoms with Gasteiger partial charge in [0.1, 0.15) is 11.5 Å². The third-order valence-electron chi connectivity index (χ3n) is 3.76. The van der Waals surface area contributed by atoms with Crippen LogP contribution in [0.5, 0.6) is 11.5 Å². The molecule has 0 radical (unpaired) electrons. The minimum Gasteiger partial charge on any atom is -0.497 e. The average molecular weight is 298 g/mol. The molecule has 0 N–H and O–H groups in total. The van der Waals surface area contributed by atoms with Gasteiger partial charge < -0.3 is 9.47 Å². The summed E-state index contributed by atoms with van der Waals surface area (Å²) in [6.45, 7) is 7.40. The smallest absolute Gasteiger partial charge is 0.119 e. The molecule has 0 saturated carbocycles. The molecule has 0 aliphatic rings. The Morgan fingerprint density at radius 1 is 0.818 bits per heavy atom. The Kier molecular flexibility index (Phi) is 5.48. The fourth-order valence-corrected chi connectivity index (χ4v) is 2.31. The maximum atomic E-state index is 5.82. The number of aryl methyl sites for hydroxylation is 1. The lowest BCUT2D eigenvalue weighted by molar-refractivity contribution is 0.311. The molecular weight excluding hydrogens is 272 g/mol. The molecule has 0 atom stereocenters. The van der Waals surface area contributed by atoms with Gasteiger partial charge >= 0.3 is 0 Å². The zero-order valence-corrected chi connectivity index (χ0v) is 14.1. The normalized spacial score (nSPS) is 11.3. The van der Waals surface area contributed by atoms with E-state index >= 15 is 0 Å². The van der Waals surface area contributed by atoms with Gasteiger partial charge in [-0.15, -0.1) is 0 Å². The fourth-order valence-electron chi connectivity index (χ4n) is 2.31. The molecule has 22 heavy (non-hydrogen) atoms. The molecule has 0 bridgehead atoms. The average Bonchev–Trinajstić information content (AvgIpc) is 2.52. The number of hydrogen-bond donors (Lipinski definition) is 0. The van der Waals surface area contributed by atoms with Gasteiger partial charge in [-0.1, -0.05) is 45.0 Å². The van der Waals surface area contributed by atoms with E-state index in [0.29, 0.717) is 0 Å². The van der Waals surface area contributed by atoms with Crippen molar-refractivity contribution in [1.29, 1.82) is 0 Å². The molecule has 0 fully saturated rings. The highest BCUT2D eigenvalue weighted by atomic mass is 16.5. The molecule has 118 valence electrons. The van der Waals surface area contributed by atoms with Gasteiger partial charge in [0, 0.05) is 0 Å². The van der Waals surface area contributed by atoms with Crippen LogP contribution in [0, 0.1) is 0 Å². The van der Waals surface area contributed by atoms with Gasteiger partial charge in [0.2, 0.25) is 0 Å². The van der Waals surface area contributed by atoms with E-state index in [2.05, 4.69) is 57.2 Å². The summed E-state index contributed by atoms with van der Waals surface area (Å²) in [5, 5.41) is 0. The second-order valence-electron chi connectivity index (χ2n) is 6.57. The molecule has 0 aliphatic heterocycles. The van der Waals surface area contributed by atoms with Gasteiger partial charge in [-0.2, -0.15) is 0 Å². The third kappa shape index (κ3) is 4.80. The molecule has 2 aromatic rings. The summed E-state index contributed by atoms with van der Waals surface area (Å²) in [6, 6.07) is 16.6. The van der Waals surface area contributed by atoms with Crippen molar-refractivity contribution in [2.24, 2.45) is 0 Å². The number of hydrogen-bond acceptors (Lipinski definition) is 2. The van der Waals surface area contributed by atoms with E-state index < -0.39 is 0 Å². The molecule has 2 nitrogen and oxygen atoms in total. The van der Waals surface area contributed by atoms with Crippen molar-refractivity contribution in [3.63, 3.8) is 0 Å². The topological polar surface area (TPSA) is 18.5 Å². The van der Waals surface area contributed by atoms with Crippen LogP contribution >= 0.6 is 0 Å². The monoisotopic (exact) mass is 298 g/mol. The lowest BCUT2D eigenvalue weighted by atomic mass is 9.87. The highest BCUT2D eigenvalue weighted by molar-refractivity contribution is 5.31. The molecule has 0 heterocycles. The van der Waals surface area contributed by atoms with Crippen LogP contribution in [-0.4, -0.2) is 13.7 Å². The Morgan fingerprint density at radius 2 is 1.41 bits per heavy atom. The van der Waals surface area contributed by atoms with Crippen LogP contribution < -0.4 is 9.47 Å². The van der Waals surface area contributed by atoms with Crippen LogP contribution in [0.15, 0.2) is 48.5 Å². The van der Waals surface area contributed by atoms with Crippen LogP contribution in [-0.2, 0) is 11.8 Å². The van der Waals surface area contributed by atoms with E-state index in [1.807, 2.05) is 12.1 Å².